The molecular weight excluding hydrogens is 462 g/mol. The minimum absolute atomic E-state index is 0.0559. The second-order valence-electron chi connectivity index (χ2n) is 8.28. The highest BCUT2D eigenvalue weighted by atomic mass is 32.2. The van der Waals surface area contributed by atoms with Gasteiger partial charge >= 0.3 is 12.0 Å². The average Bonchev–Trinajstić information content (AvgIpc) is 3.42. The van der Waals surface area contributed by atoms with E-state index in [1.54, 1.807) is 25.9 Å². The fraction of sp³-hybridized carbons (Fsp3) is 0.524. The van der Waals surface area contributed by atoms with Crippen molar-refractivity contribution < 1.29 is 23.1 Å². The van der Waals surface area contributed by atoms with Gasteiger partial charge in [-0.25, -0.2) is 14.1 Å². The van der Waals surface area contributed by atoms with E-state index in [4.69, 9.17) is 15.7 Å². The van der Waals surface area contributed by atoms with Crippen LogP contribution in [0.1, 0.15) is 30.1 Å². The minimum atomic E-state index is -2.47. The second kappa shape index (κ2) is 10.4. The third-order valence-corrected chi connectivity index (χ3v) is 6.15. The molecule has 2 aliphatic rings. The molecule has 1 aliphatic heterocycles. The maximum absolute atomic E-state index is 12.2. The Morgan fingerprint density at radius 2 is 1.94 bits per heavy atom. The summed E-state index contributed by atoms with van der Waals surface area (Å²) in [6.07, 6.45) is 3.16. The third kappa shape index (κ3) is 5.64. The van der Waals surface area contributed by atoms with Gasteiger partial charge in [-0.1, -0.05) is 0 Å². The van der Waals surface area contributed by atoms with E-state index in [1.807, 2.05) is 11.0 Å². The monoisotopic (exact) mass is 490 g/mol. The summed E-state index contributed by atoms with van der Waals surface area (Å²) >= 11 is -2.47. The van der Waals surface area contributed by atoms with Gasteiger partial charge in [-0.15, -0.1) is 0 Å². The van der Waals surface area contributed by atoms with E-state index in [9.17, 15) is 18.4 Å². The van der Waals surface area contributed by atoms with Crippen LogP contribution in [0.2, 0.25) is 0 Å². The van der Waals surface area contributed by atoms with Crippen molar-refractivity contribution in [2.75, 3.05) is 51.8 Å². The van der Waals surface area contributed by atoms with Crippen molar-refractivity contribution in [2.24, 2.45) is 5.73 Å². The second-order valence-corrected chi connectivity index (χ2v) is 9.22. The molecule has 2 amide bonds. The predicted molar refractivity (Wildman–Crippen MR) is 123 cm³/mol. The fourth-order valence-corrected chi connectivity index (χ4v) is 3.80. The topological polar surface area (TPSA) is 160 Å². The van der Waals surface area contributed by atoms with E-state index in [1.165, 1.54) is 27.7 Å². The van der Waals surface area contributed by atoms with Gasteiger partial charge < -0.3 is 29.7 Å². The Labute approximate surface area is 200 Å². The maximum atomic E-state index is 12.2. The molecule has 0 aromatic carbocycles. The molecule has 1 saturated carbocycles. The number of urea groups is 1. The molecule has 184 valence electrons. The van der Waals surface area contributed by atoms with E-state index in [-0.39, 0.29) is 23.1 Å². The highest BCUT2D eigenvalue weighted by molar-refractivity contribution is 7.79. The van der Waals surface area contributed by atoms with Crippen molar-refractivity contribution in [3.63, 3.8) is 0 Å². The quantitative estimate of drug-likeness (QED) is 0.477. The van der Waals surface area contributed by atoms with Crippen LogP contribution < -0.4 is 10.6 Å². The Bertz CT molecular complexity index is 1130. The van der Waals surface area contributed by atoms with Gasteiger partial charge in [0.15, 0.2) is 0 Å². The highest BCUT2D eigenvalue weighted by Crippen LogP contribution is 2.30. The number of pyridine rings is 1. The first kappa shape index (κ1) is 25.4. The zero-order valence-electron chi connectivity index (χ0n) is 19.4. The normalized spacial score (nSPS) is 17.3. The van der Waals surface area contributed by atoms with Crippen LogP contribution in [0.25, 0.3) is 5.52 Å². The van der Waals surface area contributed by atoms with Gasteiger partial charge in [0.1, 0.15) is 16.9 Å². The zero-order valence-corrected chi connectivity index (χ0v) is 20.2. The van der Waals surface area contributed by atoms with Crippen LogP contribution in [0.3, 0.4) is 0 Å². The molecule has 0 bridgehead atoms. The van der Waals surface area contributed by atoms with E-state index in [0.717, 1.165) is 12.8 Å². The molecular formula is C21H28N7O5S-. The van der Waals surface area contributed by atoms with E-state index < -0.39 is 22.6 Å². The fourth-order valence-electron chi connectivity index (χ4n) is 3.39. The smallest absolute Gasteiger partial charge is 0.341 e. The minimum Gasteiger partial charge on any atom is -0.768 e. The Hall–Kier alpha value is -3.21. The average molecular weight is 491 g/mol. The number of esters is 1. The summed E-state index contributed by atoms with van der Waals surface area (Å²) in [5.74, 6) is -0.0112. The summed E-state index contributed by atoms with van der Waals surface area (Å²) in [5, 5.41) is 12.4. The number of nitrogens with two attached hydrogens (primary N) is 1. The van der Waals surface area contributed by atoms with Gasteiger partial charge in [0.25, 0.3) is 0 Å². The van der Waals surface area contributed by atoms with Crippen LogP contribution in [0.4, 0.5) is 10.6 Å². The molecule has 0 radical (unpaired) electrons. The lowest BCUT2D eigenvalue weighted by molar-refractivity contribution is 0.0528. The summed E-state index contributed by atoms with van der Waals surface area (Å²) < 4.78 is 29.8. The van der Waals surface area contributed by atoms with Crippen molar-refractivity contribution in [3.05, 3.63) is 23.9 Å². The maximum Gasteiger partial charge on any atom is 0.341 e. The number of carbonyl (C=O) groups is 2. The van der Waals surface area contributed by atoms with Crippen LogP contribution in [-0.2, 0) is 15.8 Å². The van der Waals surface area contributed by atoms with Crippen molar-refractivity contribution in [1.82, 2.24) is 19.4 Å². The number of ether oxygens (including phenoxy) is 1. The lowest BCUT2D eigenvalue weighted by atomic mass is 10.2. The van der Waals surface area contributed by atoms with Crippen LogP contribution in [0, 0.1) is 11.3 Å². The number of fused-ring (bicyclic) bond motifs is 1. The Morgan fingerprint density at radius 1 is 1.29 bits per heavy atom. The first-order chi connectivity index (χ1) is 16.1. The first-order valence-corrected chi connectivity index (χ1v) is 11.9. The lowest BCUT2D eigenvalue weighted by Crippen LogP contribution is -2.51. The summed E-state index contributed by atoms with van der Waals surface area (Å²) in [7, 11) is 3.40. The number of nitriles is 1. The van der Waals surface area contributed by atoms with E-state index in [2.05, 4.69) is 5.10 Å². The van der Waals surface area contributed by atoms with Crippen LogP contribution in [0.5, 0.6) is 0 Å². The van der Waals surface area contributed by atoms with E-state index in [0.29, 0.717) is 37.5 Å². The Morgan fingerprint density at radius 3 is 2.41 bits per heavy atom. The standard InChI is InChI=1S/C17H23N5O5S.C4H6N2/c1-4-27-16(23)13-11-18-22-14(13)9-12(28(25)26)10-15(22)20-5-7-21(8-6-20)17(24)19(2)3;5-3-4(6)1-2-4/h9-11H,4-8H2,1-3H3,(H,25,26);1-2,6H2/p-1. The van der Waals surface area contributed by atoms with Gasteiger partial charge in [-0.2, -0.15) is 10.4 Å². The molecule has 0 spiro atoms. The zero-order chi connectivity index (χ0) is 25.0. The molecule has 12 nitrogen and oxygen atoms in total. The molecule has 2 aromatic heterocycles. The van der Waals surface area contributed by atoms with Crippen molar-refractivity contribution in [3.8, 4) is 6.07 Å². The number of carbonyl (C=O) groups excluding carboxylic acids is 2. The molecule has 1 aliphatic carbocycles. The molecule has 4 rings (SSSR count). The molecule has 2 N–H and O–H groups in total. The lowest BCUT2D eigenvalue weighted by Gasteiger charge is -2.37. The largest absolute Gasteiger partial charge is 0.768 e. The number of aromatic nitrogens is 2. The number of anilines is 1. The molecule has 3 heterocycles. The number of amides is 2. The Balaban J connectivity index is 0.000000469. The molecule has 2 fully saturated rings. The van der Waals surface area contributed by atoms with Crippen LogP contribution in [0.15, 0.2) is 23.2 Å². The number of piperazine rings is 1. The van der Waals surface area contributed by atoms with Crippen molar-refractivity contribution >= 4 is 34.4 Å². The summed E-state index contributed by atoms with van der Waals surface area (Å²) in [5.41, 5.74) is 5.45. The number of nitrogens with zero attached hydrogens (tertiary/aromatic N) is 6. The molecule has 34 heavy (non-hydrogen) atoms. The number of hydrogen-bond donors (Lipinski definition) is 1. The van der Waals surface area contributed by atoms with Crippen LogP contribution in [-0.4, -0.2) is 92.6 Å². The van der Waals surface area contributed by atoms with Gasteiger partial charge in [0.2, 0.25) is 0 Å². The Kier molecular flexibility index (Phi) is 7.75. The molecule has 1 atom stereocenters. The third-order valence-electron chi connectivity index (χ3n) is 5.53. The highest BCUT2D eigenvalue weighted by Gasteiger charge is 2.38. The van der Waals surface area contributed by atoms with Crippen molar-refractivity contribution in [1.29, 1.82) is 5.26 Å². The molecule has 1 unspecified atom stereocenters. The summed E-state index contributed by atoms with van der Waals surface area (Å²) in [6, 6.07) is 4.84. The first-order valence-electron chi connectivity index (χ1n) is 10.8. The predicted octanol–water partition coefficient (Wildman–Crippen LogP) is 0.554. The van der Waals surface area contributed by atoms with E-state index >= 15 is 0 Å². The number of hydrogen-bond acceptors (Lipinski definition) is 9. The van der Waals surface area contributed by atoms with Crippen LogP contribution >= 0.6 is 0 Å². The summed E-state index contributed by atoms with van der Waals surface area (Å²) in [4.78, 5) is 29.6. The number of rotatable bonds is 4. The van der Waals surface area contributed by atoms with Crippen molar-refractivity contribution in [2.45, 2.75) is 30.2 Å². The van der Waals surface area contributed by atoms with Gasteiger partial charge in [-0.05, 0) is 43.0 Å². The SMILES string of the molecule is CCOC(=O)c1cnn2c(N3CCN(C(=O)N(C)C)CC3)cc(S(=O)[O-])cc12.N#CC1(N)CC1. The molecule has 2 aromatic rings. The van der Waals surface area contributed by atoms with Gasteiger partial charge in [0, 0.05) is 45.2 Å². The summed E-state index contributed by atoms with van der Waals surface area (Å²) in [6.45, 7) is 3.92. The molecule has 1 saturated heterocycles. The van der Waals surface area contributed by atoms with Gasteiger partial charge in [0.05, 0.1) is 24.4 Å². The molecule has 13 heteroatoms. The van der Waals surface area contributed by atoms with Gasteiger partial charge in [-0.3, -0.25) is 4.21 Å².